The van der Waals surface area contributed by atoms with Gasteiger partial charge < -0.3 is 0 Å². The van der Waals surface area contributed by atoms with Gasteiger partial charge in [0.25, 0.3) is 0 Å². The molecule has 1 fully saturated rings. The van der Waals surface area contributed by atoms with Gasteiger partial charge in [-0.25, -0.2) is 4.39 Å². The van der Waals surface area contributed by atoms with Gasteiger partial charge in [-0.15, -0.1) is 0 Å². The number of carbonyl (C=O) groups excluding carboxylic acids is 2. The van der Waals surface area contributed by atoms with E-state index in [9.17, 15) is 14.0 Å². The van der Waals surface area contributed by atoms with E-state index in [1.54, 1.807) is 18.2 Å². The molecule has 2 atom stereocenters. The molecular weight excluding hydrogens is 257 g/mol. The third kappa shape index (κ3) is 2.47. The summed E-state index contributed by atoms with van der Waals surface area (Å²) in [7, 11) is 0. The van der Waals surface area contributed by atoms with Crippen LogP contribution in [0, 0.1) is 11.2 Å². The Labute approximate surface area is 118 Å². The summed E-state index contributed by atoms with van der Waals surface area (Å²) in [6, 6.07) is 6.35. The molecule has 0 aliphatic carbocycles. The lowest BCUT2D eigenvalue weighted by atomic mass is 9.63. The molecule has 1 aliphatic heterocycles. The molecule has 2 unspecified atom stereocenters. The van der Waals surface area contributed by atoms with E-state index in [1.807, 2.05) is 13.8 Å². The van der Waals surface area contributed by atoms with Crippen LogP contribution in [0.4, 0.5) is 4.39 Å². The molecule has 108 valence electrons. The largest absolute Gasteiger partial charge is 0.296 e. The molecule has 0 spiro atoms. The van der Waals surface area contributed by atoms with Gasteiger partial charge >= 0.3 is 0 Å². The summed E-state index contributed by atoms with van der Waals surface area (Å²) in [6.45, 7) is 3.99. The molecule has 0 bridgehead atoms. The Balaban J connectivity index is 2.52. The minimum absolute atomic E-state index is 0.252. The number of hydrogen-bond donors (Lipinski definition) is 1. The number of benzene rings is 1. The van der Waals surface area contributed by atoms with E-state index in [-0.39, 0.29) is 24.1 Å². The molecule has 4 heteroatoms. The first-order chi connectivity index (χ1) is 9.54. The van der Waals surface area contributed by atoms with Crippen molar-refractivity contribution in [3.63, 3.8) is 0 Å². The maximum Gasteiger partial charge on any atom is 0.234 e. The Hall–Kier alpha value is -1.71. The zero-order chi connectivity index (χ0) is 14.8. The molecule has 2 rings (SSSR count). The van der Waals surface area contributed by atoms with Crippen LogP contribution in [0.5, 0.6) is 0 Å². The number of carbonyl (C=O) groups is 2. The van der Waals surface area contributed by atoms with Gasteiger partial charge in [-0.1, -0.05) is 38.5 Å². The standard InChI is InChI=1S/C16H20FNO2/c1-3-9-16(4-2)10-13(19)18-15(20)14(16)11-7-5-6-8-12(11)17/h5-8,14H,3-4,9-10H2,1-2H3,(H,18,19,20). The van der Waals surface area contributed by atoms with Crippen LogP contribution in [-0.2, 0) is 9.59 Å². The molecule has 1 saturated heterocycles. The van der Waals surface area contributed by atoms with Crippen molar-refractivity contribution >= 4 is 11.8 Å². The molecule has 3 nitrogen and oxygen atoms in total. The first kappa shape index (κ1) is 14.7. The van der Waals surface area contributed by atoms with Crippen LogP contribution in [0.2, 0.25) is 0 Å². The van der Waals surface area contributed by atoms with Gasteiger partial charge in [0, 0.05) is 12.0 Å². The smallest absolute Gasteiger partial charge is 0.234 e. The van der Waals surface area contributed by atoms with E-state index < -0.39 is 11.3 Å². The lowest BCUT2D eigenvalue weighted by Gasteiger charge is -2.42. The van der Waals surface area contributed by atoms with Gasteiger partial charge in [0.15, 0.2) is 0 Å². The Bertz CT molecular complexity index is 529. The summed E-state index contributed by atoms with van der Waals surface area (Å²) >= 11 is 0. The van der Waals surface area contributed by atoms with E-state index in [0.29, 0.717) is 12.0 Å². The van der Waals surface area contributed by atoms with Crippen LogP contribution in [0.15, 0.2) is 24.3 Å². The minimum Gasteiger partial charge on any atom is -0.296 e. The van der Waals surface area contributed by atoms with Crippen LogP contribution < -0.4 is 5.32 Å². The van der Waals surface area contributed by atoms with Gasteiger partial charge in [-0.05, 0) is 24.3 Å². The van der Waals surface area contributed by atoms with Gasteiger partial charge in [0.05, 0.1) is 5.92 Å². The molecule has 1 heterocycles. The molecule has 2 amide bonds. The second kappa shape index (κ2) is 5.73. The highest BCUT2D eigenvalue weighted by Crippen LogP contribution is 2.48. The topological polar surface area (TPSA) is 46.2 Å². The summed E-state index contributed by atoms with van der Waals surface area (Å²) in [4.78, 5) is 24.1. The fourth-order valence-electron chi connectivity index (χ4n) is 3.37. The summed E-state index contributed by atoms with van der Waals surface area (Å²) < 4.78 is 14.1. The van der Waals surface area contributed by atoms with Gasteiger partial charge in [-0.2, -0.15) is 0 Å². The second-order valence-electron chi connectivity index (χ2n) is 5.51. The Morgan fingerprint density at radius 3 is 2.60 bits per heavy atom. The number of imide groups is 1. The van der Waals surface area contributed by atoms with Crippen LogP contribution in [0.25, 0.3) is 0 Å². The highest BCUT2D eigenvalue weighted by molar-refractivity contribution is 6.02. The molecule has 0 aromatic heterocycles. The van der Waals surface area contributed by atoms with Crippen molar-refractivity contribution in [2.24, 2.45) is 5.41 Å². The number of rotatable bonds is 4. The molecule has 1 aromatic rings. The van der Waals surface area contributed by atoms with E-state index in [2.05, 4.69) is 5.32 Å². The molecule has 20 heavy (non-hydrogen) atoms. The van der Waals surface area contributed by atoms with Crippen molar-refractivity contribution in [3.8, 4) is 0 Å². The quantitative estimate of drug-likeness (QED) is 0.859. The van der Waals surface area contributed by atoms with Crippen molar-refractivity contribution in [1.29, 1.82) is 0 Å². The Kier molecular flexibility index (Phi) is 4.21. The zero-order valence-electron chi connectivity index (χ0n) is 11.9. The van der Waals surface area contributed by atoms with E-state index in [4.69, 9.17) is 0 Å². The first-order valence-electron chi connectivity index (χ1n) is 7.12. The Morgan fingerprint density at radius 1 is 1.30 bits per heavy atom. The maximum atomic E-state index is 14.1. The SMILES string of the molecule is CCCC1(CC)CC(=O)NC(=O)C1c1ccccc1F. The van der Waals surface area contributed by atoms with Gasteiger partial charge in [0.1, 0.15) is 5.82 Å². The predicted octanol–water partition coefficient (Wildman–Crippen LogP) is 3.15. The third-order valence-corrected chi connectivity index (χ3v) is 4.32. The number of hydrogen-bond acceptors (Lipinski definition) is 2. The normalized spacial score (nSPS) is 26.4. The first-order valence-corrected chi connectivity index (χ1v) is 7.12. The van der Waals surface area contributed by atoms with Crippen molar-refractivity contribution < 1.29 is 14.0 Å². The van der Waals surface area contributed by atoms with Crippen molar-refractivity contribution in [2.45, 2.75) is 45.4 Å². The predicted molar refractivity (Wildman–Crippen MR) is 74.5 cm³/mol. The third-order valence-electron chi connectivity index (χ3n) is 4.32. The highest BCUT2D eigenvalue weighted by Gasteiger charge is 2.48. The van der Waals surface area contributed by atoms with Gasteiger partial charge in [-0.3, -0.25) is 14.9 Å². The summed E-state index contributed by atoms with van der Waals surface area (Å²) in [6.07, 6.45) is 2.56. The van der Waals surface area contributed by atoms with Crippen molar-refractivity contribution in [2.75, 3.05) is 0 Å². The average molecular weight is 277 g/mol. The summed E-state index contributed by atoms with van der Waals surface area (Å²) in [5.74, 6) is -1.60. The van der Waals surface area contributed by atoms with E-state index in [1.165, 1.54) is 6.07 Å². The number of piperidine rings is 1. The molecule has 1 aromatic carbocycles. The molecule has 1 aliphatic rings. The number of halogens is 1. The summed E-state index contributed by atoms with van der Waals surface area (Å²) in [5.41, 5.74) is -0.0797. The van der Waals surface area contributed by atoms with Crippen molar-refractivity contribution in [1.82, 2.24) is 5.32 Å². The maximum absolute atomic E-state index is 14.1. The van der Waals surface area contributed by atoms with E-state index >= 15 is 0 Å². The second-order valence-corrected chi connectivity index (χ2v) is 5.51. The average Bonchev–Trinajstić information content (AvgIpc) is 2.40. The summed E-state index contributed by atoms with van der Waals surface area (Å²) in [5, 5.41) is 2.36. The highest BCUT2D eigenvalue weighted by atomic mass is 19.1. The fourth-order valence-corrected chi connectivity index (χ4v) is 3.37. The van der Waals surface area contributed by atoms with E-state index in [0.717, 1.165) is 12.8 Å². The Morgan fingerprint density at radius 2 is 2.00 bits per heavy atom. The lowest BCUT2D eigenvalue weighted by Crippen LogP contribution is -2.50. The molecule has 0 radical (unpaired) electrons. The zero-order valence-corrected chi connectivity index (χ0v) is 11.9. The van der Waals surface area contributed by atoms with Crippen LogP contribution >= 0.6 is 0 Å². The lowest BCUT2D eigenvalue weighted by molar-refractivity contribution is -0.140. The molecule has 0 saturated carbocycles. The fraction of sp³-hybridized carbons (Fsp3) is 0.500. The van der Waals surface area contributed by atoms with Crippen LogP contribution in [0.1, 0.15) is 51.0 Å². The number of nitrogens with one attached hydrogen (secondary N) is 1. The monoisotopic (exact) mass is 277 g/mol. The minimum atomic E-state index is -0.591. The van der Waals surface area contributed by atoms with Crippen molar-refractivity contribution in [3.05, 3.63) is 35.6 Å². The molecule has 1 N–H and O–H groups in total. The number of amides is 2. The van der Waals surface area contributed by atoms with Crippen LogP contribution in [0.3, 0.4) is 0 Å². The molecular formula is C16H20FNO2. The van der Waals surface area contributed by atoms with Crippen LogP contribution in [-0.4, -0.2) is 11.8 Å². The van der Waals surface area contributed by atoms with Gasteiger partial charge in [0.2, 0.25) is 11.8 Å².